The SMILES string of the molecule is Nc1cccc(OCCS(=O)(=O)NCC2COCCO2)c1. The Hall–Kier alpha value is -1.35. The monoisotopic (exact) mass is 316 g/mol. The van der Waals surface area contributed by atoms with E-state index in [1.54, 1.807) is 24.3 Å². The van der Waals surface area contributed by atoms with Crippen LogP contribution in [0.25, 0.3) is 0 Å². The van der Waals surface area contributed by atoms with Gasteiger partial charge in [-0.25, -0.2) is 13.1 Å². The van der Waals surface area contributed by atoms with Crippen molar-refractivity contribution in [3.05, 3.63) is 24.3 Å². The van der Waals surface area contributed by atoms with Gasteiger partial charge in [0.1, 0.15) is 12.4 Å². The molecule has 0 amide bonds. The van der Waals surface area contributed by atoms with E-state index in [1.165, 1.54) is 0 Å². The van der Waals surface area contributed by atoms with Crippen LogP contribution in [0.2, 0.25) is 0 Å². The number of anilines is 1. The molecule has 1 unspecified atom stereocenters. The summed E-state index contributed by atoms with van der Waals surface area (Å²) in [5.41, 5.74) is 6.18. The number of nitrogens with one attached hydrogen (secondary N) is 1. The molecule has 1 heterocycles. The van der Waals surface area contributed by atoms with Crippen molar-refractivity contribution in [1.29, 1.82) is 0 Å². The average Bonchev–Trinajstić information content (AvgIpc) is 2.46. The number of rotatable bonds is 7. The number of nitrogen functional groups attached to an aromatic ring is 1. The first-order valence-corrected chi connectivity index (χ1v) is 8.35. The fourth-order valence-corrected chi connectivity index (χ4v) is 2.71. The van der Waals surface area contributed by atoms with Crippen molar-refractivity contribution < 1.29 is 22.6 Å². The van der Waals surface area contributed by atoms with E-state index in [4.69, 9.17) is 19.9 Å². The molecule has 1 saturated heterocycles. The maximum atomic E-state index is 11.8. The van der Waals surface area contributed by atoms with Gasteiger partial charge in [-0.3, -0.25) is 0 Å². The molecule has 0 saturated carbocycles. The van der Waals surface area contributed by atoms with Crippen molar-refractivity contribution in [1.82, 2.24) is 4.72 Å². The molecular weight excluding hydrogens is 296 g/mol. The molecule has 0 aliphatic carbocycles. The molecule has 1 atom stereocenters. The standard InChI is InChI=1S/C13H20N2O5S/c14-11-2-1-3-12(8-11)20-6-7-21(16,17)15-9-13-10-18-4-5-19-13/h1-3,8,13,15H,4-7,9-10,14H2. The summed E-state index contributed by atoms with van der Waals surface area (Å²) in [7, 11) is -3.40. The Labute approximate surface area is 124 Å². The van der Waals surface area contributed by atoms with Crippen molar-refractivity contribution in [3.8, 4) is 5.75 Å². The van der Waals surface area contributed by atoms with E-state index >= 15 is 0 Å². The lowest BCUT2D eigenvalue weighted by molar-refractivity contribution is -0.0846. The van der Waals surface area contributed by atoms with Crippen LogP contribution in [-0.2, 0) is 19.5 Å². The molecule has 2 rings (SSSR count). The highest BCUT2D eigenvalue weighted by Gasteiger charge is 2.18. The fraction of sp³-hybridized carbons (Fsp3) is 0.538. The van der Waals surface area contributed by atoms with Crippen molar-refractivity contribution in [2.24, 2.45) is 0 Å². The van der Waals surface area contributed by atoms with Gasteiger partial charge >= 0.3 is 0 Å². The largest absolute Gasteiger partial charge is 0.492 e. The number of ether oxygens (including phenoxy) is 3. The zero-order valence-corrected chi connectivity index (χ0v) is 12.5. The zero-order valence-electron chi connectivity index (χ0n) is 11.7. The van der Waals surface area contributed by atoms with E-state index in [0.717, 1.165) is 0 Å². The van der Waals surface area contributed by atoms with E-state index in [2.05, 4.69) is 4.72 Å². The quantitative estimate of drug-likeness (QED) is 0.686. The zero-order chi connectivity index (χ0) is 15.1. The molecule has 0 spiro atoms. The van der Waals surface area contributed by atoms with Gasteiger partial charge in [-0.15, -0.1) is 0 Å². The molecular formula is C13H20N2O5S. The van der Waals surface area contributed by atoms with Crippen molar-refractivity contribution in [2.75, 3.05) is 44.5 Å². The number of benzene rings is 1. The summed E-state index contributed by atoms with van der Waals surface area (Å²) < 4.78 is 42.0. The van der Waals surface area contributed by atoms with E-state index in [9.17, 15) is 8.42 Å². The third kappa shape index (κ3) is 5.88. The highest BCUT2D eigenvalue weighted by Crippen LogP contribution is 2.14. The third-order valence-electron chi connectivity index (χ3n) is 2.89. The number of hydrogen-bond donors (Lipinski definition) is 2. The van der Waals surface area contributed by atoms with Crippen LogP contribution in [0.15, 0.2) is 24.3 Å². The Balaban J connectivity index is 1.70. The van der Waals surface area contributed by atoms with Gasteiger partial charge < -0.3 is 19.9 Å². The molecule has 8 heteroatoms. The van der Waals surface area contributed by atoms with Gasteiger partial charge in [-0.2, -0.15) is 0 Å². The molecule has 1 aromatic rings. The lowest BCUT2D eigenvalue weighted by atomic mass is 10.3. The second-order valence-corrected chi connectivity index (χ2v) is 6.58. The lowest BCUT2D eigenvalue weighted by Gasteiger charge is -2.23. The molecule has 3 N–H and O–H groups in total. The molecule has 1 fully saturated rings. The maximum absolute atomic E-state index is 11.8. The van der Waals surface area contributed by atoms with Gasteiger partial charge in [0.05, 0.1) is 31.7 Å². The molecule has 1 aliphatic heterocycles. The first-order valence-electron chi connectivity index (χ1n) is 6.70. The second-order valence-electron chi connectivity index (χ2n) is 4.66. The summed E-state index contributed by atoms with van der Waals surface area (Å²) in [4.78, 5) is 0. The highest BCUT2D eigenvalue weighted by atomic mass is 32.2. The van der Waals surface area contributed by atoms with Crippen LogP contribution in [-0.4, -0.2) is 53.2 Å². The molecule has 0 aromatic heterocycles. The molecule has 118 valence electrons. The summed E-state index contributed by atoms with van der Waals surface area (Å²) in [6.07, 6.45) is -0.233. The van der Waals surface area contributed by atoms with E-state index in [-0.39, 0.29) is 25.0 Å². The maximum Gasteiger partial charge on any atom is 0.215 e. The fourth-order valence-electron chi connectivity index (χ4n) is 1.82. The lowest BCUT2D eigenvalue weighted by Crippen LogP contribution is -2.41. The normalized spacial score (nSPS) is 19.3. The van der Waals surface area contributed by atoms with Crippen LogP contribution in [0.5, 0.6) is 5.75 Å². The van der Waals surface area contributed by atoms with Gasteiger partial charge in [0.2, 0.25) is 10.0 Å². The summed E-state index contributed by atoms with van der Waals surface area (Å²) in [6.45, 7) is 1.71. The highest BCUT2D eigenvalue weighted by molar-refractivity contribution is 7.89. The Morgan fingerprint density at radius 3 is 2.95 bits per heavy atom. The van der Waals surface area contributed by atoms with Crippen LogP contribution in [0, 0.1) is 0 Å². The third-order valence-corrected chi connectivity index (χ3v) is 4.21. The van der Waals surface area contributed by atoms with Crippen LogP contribution in [0.3, 0.4) is 0 Å². The Morgan fingerprint density at radius 1 is 1.38 bits per heavy atom. The molecule has 0 bridgehead atoms. The van der Waals surface area contributed by atoms with Gasteiger partial charge in [0.15, 0.2) is 0 Å². The van der Waals surface area contributed by atoms with Crippen LogP contribution in [0.4, 0.5) is 5.69 Å². The predicted octanol–water partition coefficient (Wildman–Crippen LogP) is -0.0176. The number of sulfonamides is 1. The van der Waals surface area contributed by atoms with Crippen molar-refractivity contribution >= 4 is 15.7 Å². The minimum absolute atomic E-state index is 0.0564. The first kappa shape index (κ1) is 16.0. The van der Waals surface area contributed by atoms with Crippen LogP contribution < -0.4 is 15.2 Å². The summed E-state index contributed by atoms with van der Waals surface area (Å²) in [5.74, 6) is 0.421. The molecule has 7 nitrogen and oxygen atoms in total. The Morgan fingerprint density at radius 2 is 2.24 bits per heavy atom. The van der Waals surface area contributed by atoms with Crippen molar-refractivity contribution in [3.63, 3.8) is 0 Å². The summed E-state index contributed by atoms with van der Waals surface area (Å²) in [5, 5.41) is 0. The first-order chi connectivity index (χ1) is 10.1. The van der Waals surface area contributed by atoms with Gasteiger partial charge in [0, 0.05) is 18.3 Å². The van der Waals surface area contributed by atoms with Crippen molar-refractivity contribution in [2.45, 2.75) is 6.10 Å². The van der Waals surface area contributed by atoms with E-state index in [1.807, 2.05) is 0 Å². The minimum Gasteiger partial charge on any atom is -0.492 e. The van der Waals surface area contributed by atoms with E-state index in [0.29, 0.717) is 31.3 Å². The Bertz CT molecular complexity index is 543. The van der Waals surface area contributed by atoms with Gasteiger partial charge in [-0.1, -0.05) is 6.07 Å². The predicted molar refractivity (Wildman–Crippen MR) is 78.7 cm³/mol. The van der Waals surface area contributed by atoms with E-state index < -0.39 is 10.0 Å². The molecule has 1 aliphatic rings. The molecule has 1 aromatic carbocycles. The number of nitrogens with two attached hydrogens (primary N) is 1. The average molecular weight is 316 g/mol. The van der Waals surface area contributed by atoms with Gasteiger partial charge in [-0.05, 0) is 12.1 Å². The second kappa shape index (κ2) is 7.60. The molecule has 21 heavy (non-hydrogen) atoms. The van der Waals surface area contributed by atoms with Crippen LogP contribution in [0.1, 0.15) is 0 Å². The summed E-state index contributed by atoms with van der Waals surface area (Å²) in [6, 6.07) is 6.85. The minimum atomic E-state index is -3.40. The van der Waals surface area contributed by atoms with Gasteiger partial charge in [0.25, 0.3) is 0 Å². The number of hydrogen-bond acceptors (Lipinski definition) is 6. The smallest absolute Gasteiger partial charge is 0.215 e. The summed E-state index contributed by atoms with van der Waals surface area (Å²) >= 11 is 0. The molecule has 0 radical (unpaired) electrons. The Kier molecular flexibility index (Phi) is 5.80. The van der Waals surface area contributed by atoms with Crippen LogP contribution >= 0.6 is 0 Å². The topological polar surface area (TPSA) is 99.9 Å².